The molecular formula is C22H24N2O4. The number of carbonyl (C=O) groups excluding carboxylic acids is 2. The smallest absolute Gasteiger partial charge is 0.355 e. The van der Waals surface area contributed by atoms with E-state index in [1.165, 1.54) is 7.11 Å². The number of nitrogens with one attached hydrogen (secondary N) is 2. The average Bonchev–Trinajstić information content (AvgIpc) is 3.09. The maximum absolute atomic E-state index is 12.3. The van der Waals surface area contributed by atoms with Crippen LogP contribution in [0.3, 0.4) is 0 Å². The van der Waals surface area contributed by atoms with Crippen molar-refractivity contribution in [1.82, 2.24) is 4.98 Å². The molecule has 0 saturated heterocycles. The maximum Gasteiger partial charge on any atom is 0.355 e. The molecule has 0 bridgehead atoms. The van der Waals surface area contributed by atoms with Crippen molar-refractivity contribution >= 4 is 28.5 Å². The molecule has 146 valence electrons. The van der Waals surface area contributed by atoms with Gasteiger partial charge in [-0.25, -0.2) is 4.79 Å². The average molecular weight is 380 g/mol. The van der Waals surface area contributed by atoms with E-state index < -0.39 is 18.5 Å². The van der Waals surface area contributed by atoms with Gasteiger partial charge in [0.05, 0.1) is 12.8 Å². The highest BCUT2D eigenvalue weighted by atomic mass is 16.5. The zero-order chi connectivity index (χ0) is 20.3. The zero-order valence-electron chi connectivity index (χ0n) is 16.5. The summed E-state index contributed by atoms with van der Waals surface area (Å²) in [7, 11) is 1.54. The van der Waals surface area contributed by atoms with Crippen LogP contribution in [0.2, 0.25) is 0 Å². The minimum Gasteiger partial charge on any atom is -0.495 e. The first-order chi connectivity index (χ1) is 13.3. The first-order valence-corrected chi connectivity index (χ1v) is 9.01. The summed E-state index contributed by atoms with van der Waals surface area (Å²) in [5.74, 6) is -0.473. The van der Waals surface area contributed by atoms with E-state index in [1.54, 1.807) is 6.07 Å². The molecule has 0 aliphatic heterocycles. The van der Waals surface area contributed by atoms with Gasteiger partial charge in [0.2, 0.25) is 0 Å². The molecule has 0 spiro atoms. The van der Waals surface area contributed by atoms with Crippen LogP contribution in [0.4, 0.5) is 5.69 Å². The number of benzene rings is 2. The van der Waals surface area contributed by atoms with Crippen molar-refractivity contribution < 1.29 is 19.1 Å². The molecule has 3 rings (SSSR count). The number of rotatable bonds is 5. The van der Waals surface area contributed by atoms with Gasteiger partial charge in [-0.2, -0.15) is 0 Å². The van der Waals surface area contributed by atoms with Gasteiger partial charge in [0.25, 0.3) is 5.91 Å². The Labute approximate surface area is 163 Å². The van der Waals surface area contributed by atoms with Gasteiger partial charge in [0, 0.05) is 10.9 Å². The molecule has 6 heteroatoms. The Morgan fingerprint density at radius 2 is 1.82 bits per heavy atom. The molecule has 0 fully saturated rings. The second-order valence-corrected chi connectivity index (χ2v) is 7.56. The van der Waals surface area contributed by atoms with E-state index in [0.717, 1.165) is 16.5 Å². The molecule has 1 amide bonds. The van der Waals surface area contributed by atoms with E-state index in [1.807, 2.05) is 42.5 Å². The number of anilines is 1. The number of carbonyl (C=O) groups is 2. The van der Waals surface area contributed by atoms with Crippen molar-refractivity contribution in [3.63, 3.8) is 0 Å². The fourth-order valence-electron chi connectivity index (χ4n) is 2.85. The second kappa shape index (κ2) is 7.76. The normalized spacial score (nSPS) is 11.3. The number of fused-ring (bicyclic) bond motifs is 1. The number of ether oxygens (including phenoxy) is 2. The number of hydrogen-bond donors (Lipinski definition) is 2. The van der Waals surface area contributed by atoms with Crippen LogP contribution >= 0.6 is 0 Å². The van der Waals surface area contributed by atoms with Crippen molar-refractivity contribution in [3.05, 3.63) is 59.8 Å². The molecule has 0 aliphatic rings. The predicted octanol–water partition coefficient (Wildman–Crippen LogP) is 4.27. The molecule has 0 saturated carbocycles. The summed E-state index contributed by atoms with van der Waals surface area (Å²) < 4.78 is 10.5. The number of aromatic amines is 1. The highest BCUT2D eigenvalue weighted by Gasteiger charge is 2.18. The number of amides is 1. The summed E-state index contributed by atoms with van der Waals surface area (Å²) in [5.41, 5.74) is 2.66. The van der Waals surface area contributed by atoms with E-state index in [4.69, 9.17) is 9.47 Å². The molecule has 6 nitrogen and oxygen atoms in total. The molecule has 1 heterocycles. The molecule has 1 aromatic heterocycles. The summed E-state index contributed by atoms with van der Waals surface area (Å²) in [6, 6.07) is 14.9. The van der Waals surface area contributed by atoms with Crippen molar-refractivity contribution in [3.8, 4) is 5.75 Å². The summed E-state index contributed by atoms with van der Waals surface area (Å²) in [6.45, 7) is 5.87. The highest BCUT2D eigenvalue weighted by Crippen LogP contribution is 2.31. The van der Waals surface area contributed by atoms with Crippen LogP contribution < -0.4 is 10.1 Å². The molecule has 0 aliphatic carbocycles. The van der Waals surface area contributed by atoms with Gasteiger partial charge in [-0.3, -0.25) is 4.79 Å². The van der Waals surface area contributed by atoms with Crippen LogP contribution in [-0.2, 0) is 14.9 Å². The number of aromatic nitrogens is 1. The number of para-hydroxylation sites is 1. The Kier molecular flexibility index (Phi) is 5.40. The van der Waals surface area contributed by atoms with E-state index in [0.29, 0.717) is 17.1 Å². The van der Waals surface area contributed by atoms with E-state index in [2.05, 4.69) is 31.1 Å². The van der Waals surface area contributed by atoms with Crippen LogP contribution in [0.1, 0.15) is 36.8 Å². The fraction of sp³-hybridized carbons (Fsp3) is 0.273. The minimum atomic E-state index is -0.582. The second-order valence-electron chi connectivity index (χ2n) is 7.56. The molecule has 3 aromatic rings. The Balaban J connectivity index is 1.66. The topological polar surface area (TPSA) is 80.4 Å². The first-order valence-electron chi connectivity index (χ1n) is 9.01. The van der Waals surface area contributed by atoms with Gasteiger partial charge >= 0.3 is 5.97 Å². The lowest BCUT2D eigenvalue weighted by molar-refractivity contribution is -0.119. The lowest BCUT2D eigenvalue weighted by atomic mass is 9.87. The van der Waals surface area contributed by atoms with Gasteiger partial charge in [-0.15, -0.1) is 0 Å². The zero-order valence-corrected chi connectivity index (χ0v) is 16.5. The van der Waals surface area contributed by atoms with Crippen molar-refractivity contribution in [2.24, 2.45) is 0 Å². The van der Waals surface area contributed by atoms with Crippen LogP contribution in [-0.4, -0.2) is 30.6 Å². The van der Waals surface area contributed by atoms with Crippen LogP contribution in [0.15, 0.2) is 48.5 Å². The van der Waals surface area contributed by atoms with Crippen LogP contribution in [0.5, 0.6) is 5.75 Å². The quantitative estimate of drug-likeness (QED) is 0.648. The van der Waals surface area contributed by atoms with Crippen LogP contribution in [0, 0.1) is 0 Å². The Bertz CT molecular complexity index is 982. The highest BCUT2D eigenvalue weighted by molar-refractivity contribution is 5.98. The molecule has 0 radical (unpaired) electrons. The molecule has 28 heavy (non-hydrogen) atoms. The maximum atomic E-state index is 12.3. The fourth-order valence-corrected chi connectivity index (χ4v) is 2.85. The molecule has 2 aromatic carbocycles. The lowest BCUT2D eigenvalue weighted by Crippen LogP contribution is -2.22. The summed E-state index contributed by atoms with van der Waals surface area (Å²) in [5, 5.41) is 3.66. The Hall–Kier alpha value is -3.28. The molecule has 0 atom stereocenters. The number of H-pyrrole nitrogens is 1. The minimum absolute atomic E-state index is 0.0756. The van der Waals surface area contributed by atoms with Gasteiger partial charge in [-0.05, 0) is 35.2 Å². The predicted molar refractivity (Wildman–Crippen MR) is 109 cm³/mol. The third-order valence-electron chi connectivity index (χ3n) is 4.42. The standard InChI is InChI=1S/C22H24N2O4/c1-22(2,3)15-9-10-19(27-4)17(12-15)24-20(25)13-28-21(26)18-11-14-7-5-6-8-16(14)23-18/h5-12,23H,13H2,1-4H3,(H,24,25). The van der Waals surface area contributed by atoms with E-state index in [-0.39, 0.29) is 5.41 Å². The molecule has 0 unspecified atom stereocenters. The number of esters is 1. The van der Waals surface area contributed by atoms with Crippen molar-refractivity contribution in [2.75, 3.05) is 19.0 Å². The third kappa shape index (κ3) is 4.34. The van der Waals surface area contributed by atoms with Gasteiger partial charge in [0.1, 0.15) is 11.4 Å². The van der Waals surface area contributed by atoms with Gasteiger partial charge in [0.15, 0.2) is 6.61 Å². The van der Waals surface area contributed by atoms with Gasteiger partial charge in [-0.1, -0.05) is 45.0 Å². The monoisotopic (exact) mass is 380 g/mol. The van der Waals surface area contributed by atoms with E-state index in [9.17, 15) is 9.59 Å². The summed E-state index contributed by atoms with van der Waals surface area (Å²) in [4.78, 5) is 27.5. The van der Waals surface area contributed by atoms with E-state index >= 15 is 0 Å². The lowest BCUT2D eigenvalue weighted by Gasteiger charge is -2.21. The Morgan fingerprint density at radius 1 is 1.07 bits per heavy atom. The number of methoxy groups -OCH3 is 1. The third-order valence-corrected chi connectivity index (χ3v) is 4.42. The van der Waals surface area contributed by atoms with Crippen LogP contribution in [0.25, 0.3) is 10.9 Å². The largest absolute Gasteiger partial charge is 0.495 e. The summed E-state index contributed by atoms with van der Waals surface area (Å²) >= 11 is 0. The first kappa shape index (κ1) is 19.5. The Morgan fingerprint density at radius 3 is 2.50 bits per heavy atom. The SMILES string of the molecule is COc1ccc(C(C)(C)C)cc1NC(=O)COC(=O)c1cc2ccccc2[nH]1. The molecular weight excluding hydrogens is 356 g/mol. The summed E-state index contributed by atoms with van der Waals surface area (Å²) in [6.07, 6.45) is 0. The van der Waals surface area contributed by atoms with Crippen molar-refractivity contribution in [2.45, 2.75) is 26.2 Å². The number of hydrogen-bond acceptors (Lipinski definition) is 4. The molecule has 2 N–H and O–H groups in total. The van der Waals surface area contributed by atoms with Crippen molar-refractivity contribution in [1.29, 1.82) is 0 Å². The van der Waals surface area contributed by atoms with Gasteiger partial charge < -0.3 is 19.8 Å².